The molecule has 0 saturated heterocycles. The maximum absolute atomic E-state index is 2.50. The third-order valence-electron chi connectivity index (χ3n) is 13.8. The topological polar surface area (TPSA) is 9.86 Å². The molecule has 0 unspecified atom stereocenters. The smallest absolute Gasteiger partial charge is 0.0562 e. The van der Waals surface area contributed by atoms with E-state index >= 15 is 0 Å². The molecule has 13 rings (SSSR count). The van der Waals surface area contributed by atoms with Crippen molar-refractivity contribution in [3.63, 3.8) is 0 Å². The normalized spacial score (nSPS) is 12.0. The second kappa shape index (κ2) is 16.9. The molecule has 0 bridgehead atoms. The summed E-state index contributed by atoms with van der Waals surface area (Å²) in [6.45, 7) is 0. The van der Waals surface area contributed by atoms with Gasteiger partial charge >= 0.3 is 0 Å². The Bertz CT molecular complexity index is 3940. The molecule has 0 aliphatic carbocycles. The van der Waals surface area contributed by atoms with Crippen molar-refractivity contribution < 1.29 is 0 Å². The lowest BCUT2D eigenvalue weighted by atomic mass is 9.96. The molecule has 11 aromatic carbocycles. The average molecular weight is 899 g/mol. The van der Waals surface area contributed by atoms with Crippen LogP contribution in [0.1, 0.15) is 0 Å². The van der Waals surface area contributed by atoms with Crippen LogP contribution in [0, 0.1) is 0 Å². The summed E-state index contributed by atoms with van der Waals surface area (Å²) >= 11 is 0. The average Bonchev–Trinajstić information content (AvgIpc) is 3.96. The lowest BCUT2D eigenvalue weighted by Gasteiger charge is -2.42. The molecule has 0 amide bonds. The van der Waals surface area contributed by atoms with Crippen LogP contribution in [0.25, 0.3) is 88.4 Å². The minimum absolute atomic E-state index is 1.13. The highest BCUT2D eigenvalue weighted by Gasteiger charge is 2.34. The third-order valence-corrected chi connectivity index (χ3v) is 17.7. The van der Waals surface area contributed by atoms with Crippen LogP contribution >= 0.6 is 10.0 Å². The summed E-state index contributed by atoms with van der Waals surface area (Å²) < 4.78 is 4.99. The largest absolute Gasteiger partial charge is 0.309 e. The maximum Gasteiger partial charge on any atom is 0.0562 e. The van der Waals surface area contributed by atoms with Crippen LogP contribution in [0.15, 0.2) is 299 Å². The van der Waals surface area contributed by atoms with Crippen LogP contribution in [-0.2, 0) is 0 Å². The number of hydrogen-bond donors (Lipinski definition) is 0. The monoisotopic (exact) mass is 898 g/mol. The predicted octanol–water partition coefficient (Wildman–Crippen LogP) is 18.2. The van der Waals surface area contributed by atoms with Gasteiger partial charge in [0.25, 0.3) is 0 Å². The van der Waals surface area contributed by atoms with Gasteiger partial charge in [0.15, 0.2) is 0 Å². The van der Waals surface area contributed by atoms with E-state index < -0.39 is 10.0 Å². The highest BCUT2D eigenvalue weighted by atomic mass is 32.3. The van der Waals surface area contributed by atoms with Crippen LogP contribution in [-0.4, -0.2) is 9.13 Å². The number of hydrogen-bond acceptors (Lipinski definition) is 0. The molecule has 0 fully saturated rings. The summed E-state index contributed by atoms with van der Waals surface area (Å²) in [4.78, 5) is 5.16. The van der Waals surface area contributed by atoms with Gasteiger partial charge in [0, 0.05) is 46.8 Å². The fraction of sp³-hybridized carbons (Fsp3) is 0. The molecule has 2 heterocycles. The first kappa shape index (κ1) is 40.6. The number of benzene rings is 11. The zero-order valence-corrected chi connectivity index (χ0v) is 38.7. The van der Waals surface area contributed by atoms with Gasteiger partial charge in [0.2, 0.25) is 0 Å². The number of aromatic nitrogens is 2. The molecule has 0 saturated carbocycles. The maximum atomic E-state index is 2.50. The summed E-state index contributed by atoms with van der Waals surface area (Å²) in [5.41, 5.74) is 14.3. The van der Waals surface area contributed by atoms with Crippen LogP contribution in [0.3, 0.4) is 0 Å². The van der Waals surface area contributed by atoms with Crippen molar-refractivity contribution in [1.82, 2.24) is 9.13 Å². The van der Waals surface area contributed by atoms with E-state index in [9.17, 15) is 0 Å². The van der Waals surface area contributed by atoms with Crippen molar-refractivity contribution in [2.24, 2.45) is 0 Å². The van der Waals surface area contributed by atoms with Gasteiger partial charge < -0.3 is 9.13 Å². The van der Waals surface area contributed by atoms with E-state index in [4.69, 9.17) is 0 Å². The summed E-state index contributed by atoms with van der Waals surface area (Å²) in [5, 5.41) is 4.93. The molecule has 0 spiro atoms. The second-order valence-electron chi connectivity index (χ2n) is 17.6. The van der Waals surface area contributed by atoms with Crippen LogP contribution in [0.5, 0.6) is 0 Å². The molecule has 0 atom stereocenters. The third kappa shape index (κ3) is 6.65. The molecule has 326 valence electrons. The first-order valence-corrected chi connectivity index (χ1v) is 25.3. The number of para-hydroxylation sites is 2. The van der Waals surface area contributed by atoms with Crippen molar-refractivity contribution in [2.45, 2.75) is 19.6 Å². The Labute approximate surface area is 404 Å². The SMILES string of the molecule is c1ccc(-c2ccc(S(c3ccccc3)(c3ccccc3)c3cccc(-n4c5ccccc5c5c(-n6c7ccccc7c7c(-c8cccc(-c9ccccc9)c8)cccc76)cccc54)c3)cc2)cc1. The van der Waals surface area contributed by atoms with Gasteiger partial charge in [-0.05, 0) is 124 Å². The molecular formula is C66H46N2S. The van der Waals surface area contributed by atoms with Crippen molar-refractivity contribution in [2.75, 3.05) is 0 Å². The zero-order valence-electron chi connectivity index (χ0n) is 37.9. The zero-order chi connectivity index (χ0) is 45.7. The molecule has 0 aliphatic heterocycles. The van der Waals surface area contributed by atoms with Gasteiger partial charge in [-0.2, -0.15) is 0 Å². The molecule has 2 nitrogen and oxygen atoms in total. The van der Waals surface area contributed by atoms with E-state index in [0.29, 0.717) is 0 Å². The standard InChI is InChI=1S/C66H46N2S/c1-5-21-47(22-6-1)49-41-43-55(44-42-49)69(53-28-9-3-10-29-53,54-30-11-4-12-31-54)56-32-18-27-52(46-56)67-60-36-15-14-34-59(60)66-63(67)39-20-40-64(66)68-61-37-16-13-33-58(61)65-57(35-19-38-62(65)68)51-26-17-25-50(45-51)48-23-7-2-8-24-48/h1-46H. The van der Waals surface area contributed by atoms with Gasteiger partial charge in [-0.15, -0.1) is 10.0 Å². The molecular weight excluding hydrogens is 853 g/mol. The van der Waals surface area contributed by atoms with Gasteiger partial charge in [-0.1, -0.05) is 188 Å². The lowest BCUT2D eigenvalue weighted by Crippen LogP contribution is -2.06. The Balaban J connectivity index is 1.03. The van der Waals surface area contributed by atoms with Crippen molar-refractivity contribution in [3.05, 3.63) is 279 Å². The van der Waals surface area contributed by atoms with Crippen LogP contribution < -0.4 is 0 Å². The van der Waals surface area contributed by atoms with E-state index in [1.165, 1.54) is 91.1 Å². The van der Waals surface area contributed by atoms with E-state index in [1.807, 2.05) is 0 Å². The van der Waals surface area contributed by atoms with E-state index in [0.717, 1.165) is 16.9 Å². The highest BCUT2D eigenvalue weighted by molar-refractivity contribution is 8.34. The van der Waals surface area contributed by atoms with Gasteiger partial charge in [-0.3, -0.25) is 0 Å². The van der Waals surface area contributed by atoms with Crippen molar-refractivity contribution in [1.29, 1.82) is 0 Å². The molecule has 0 radical (unpaired) electrons. The Hall–Kier alpha value is -8.63. The lowest BCUT2D eigenvalue weighted by molar-refractivity contribution is 1.14. The first-order chi connectivity index (χ1) is 34.3. The Morgan fingerprint density at radius 1 is 0.246 bits per heavy atom. The fourth-order valence-electron chi connectivity index (χ4n) is 10.8. The van der Waals surface area contributed by atoms with Crippen LogP contribution in [0.2, 0.25) is 0 Å². The summed E-state index contributed by atoms with van der Waals surface area (Å²) in [5.74, 6) is 0. The molecule has 69 heavy (non-hydrogen) atoms. The molecule has 3 heteroatoms. The quantitative estimate of drug-likeness (QED) is 0.137. The van der Waals surface area contributed by atoms with E-state index in [1.54, 1.807) is 0 Å². The molecule has 13 aromatic rings. The molecule has 2 aromatic heterocycles. The molecule has 0 aliphatic rings. The number of nitrogens with zero attached hydrogens (tertiary/aromatic N) is 2. The highest BCUT2D eigenvalue weighted by Crippen LogP contribution is 2.73. The summed E-state index contributed by atoms with van der Waals surface area (Å²) in [6.07, 6.45) is 0. The van der Waals surface area contributed by atoms with Crippen molar-refractivity contribution >= 4 is 53.6 Å². The van der Waals surface area contributed by atoms with Gasteiger partial charge in [0.05, 0.1) is 27.8 Å². The van der Waals surface area contributed by atoms with E-state index in [2.05, 4.69) is 288 Å². The minimum Gasteiger partial charge on any atom is -0.309 e. The van der Waals surface area contributed by atoms with E-state index in [-0.39, 0.29) is 0 Å². The van der Waals surface area contributed by atoms with Gasteiger partial charge in [0.1, 0.15) is 0 Å². The summed E-state index contributed by atoms with van der Waals surface area (Å²) in [6, 6.07) is 103. The Morgan fingerprint density at radius 2 is 0.681 bits per heavy atom. The number of rotatable bonds is 9. The predicted molar refractivity (Wildman–Crippen MR) is 291 cm³/mol. The Morgan fingerprint density at radius 3 is 1.35 bits per heavy atom. The summed E-state index contributed by atoms with van der Waals surface area (Å²) in [7, 11) is -1.99. The first-order valence-electron chi connectivity index (χ1n) is 23.7. The van der Waals surface area contributed by atoms with Crippen molar-refractivity contribution in [3.8, 4) is 44.8 Å². The van der Waals surface area contributed by atoms with Gasteiger partial charge in [-0.25, -0.2) is 0 Å². The number of fused-ring (bicyclic) bond motifs is 6. The molecule has 0 N–H and O–H groups in total. The minimum atomic E-state index is -1.99. The Kier molecular flexibility index (Phi) is 9.96. The van der Waals surface area contributed by atoms with Crippen LogP contribution in [0.4, 0.5) is 0 Å². The fourth-order valence-corrected chi connectivity index (χ4v) is 14.7. The second-order valence-corrected chi connectivity index (χ2v) is 20.8.